The third-order valence-corrected chi connectivity index (χ3v) is 3.88. The Balaban J connectivity index is 1.99. The van der Waals surface area contributed by atoms with Crippen LogP contribution >= 0.6 is 0 Å². The highest BCUT2D eigenvalue weighted by Crippen LogP contribution is 2.46. The van der Waals surface area contributed by atoms with E-state index in [0.29, 0.717) is 16.9 Å². The van der Waals surface area contributed by atoms with Crippen LogP contribution in [0.2, 0.25) is 0 Å². The van der Waals surface area contributed by atoms with Crippen molar-refractivity contribution in [2.45, 2.75) is 39.2 Å². The van der Waals surface area contributed by atoms with Crippen molar-refractivity contribution in [3.05, 3.63) is 11.3 Å². The molecular formula is C12H16N2O2. The second-order valence-corrected chi connectivity index (χ2v) is 4.94. The van der Waals surface area contributed by atoms with Crippen LogP contribution in [0.5, 0.6) is 5.88 Å². The van der Waals surface area contributed by atoms with Gasteiger partial charge in [0.25, 0.3) is 0 Å². The van der Waals surface area contributed by atoms with Gasteiger partial charge in [0.15, 0.2) is 6.29 Å². The smallest absolute Gasteiger partial charge is 0.222 e. The Morgan fingerprint density at radius 1 is 1.56 bits per heavy atom. The number of nitrogens with zero attached hydrogens (tertiary/aromatic N) is 2. The van der Waals surface area contributed by atoms with Gasteiger partial charge >= 0.3 is 0 Å². The summed E-state index contributed by atoms with van der Waals surface area (Å²) in [6.45, 7) is 3.69. The molecule has 0 N–H and O–H groups in total. The third-order valence-electron chi connectivity index (χ3n) is 3.88. The molecule has 3 rings (SSSR count). The summed E-state index contributed by atoms with van der Waals surface area (Å²) in [6, 6.07) is 0. The third kappa shape index (κ3) is 1.22. The molecule has 4 heteroatoms. The number of hydrogen-bond acceptors (Lipinski definition) is 3. The van der Waals surface area contributed by atoms with Crippen LogP contribution in [-0.4, -0.2) is 22.7 Å². The van der Waals surface area contributed by atoms with E-state index < -0.39 is 0 Å². The number of rotatable bonds is 2. The summed E-state index contributed by atoms with van der Waals surface area (Å²) in [4.78, 5) is 11.0. The topological polar surface area (TPSA) is 44.1 Å². The van der Waals surface area contributed by atoms with Crippen molar-refractivity contribution in [3.63, 3.8) is 0 Å². The van der Waals surface area contributed by atoms with Gasteiger partial charge in [-0.25, -0.2) is 4.68 Å². The largest absolute Gasteiger partial charge is 0.477 e. The molecule has 0 radical (unpaired) electrons. The molecule has 2 heterocycles. The number of ether oxygens (including phenoxy) is 1. The fraction of sp³-hybridized carbons (Fsp3) is 0.667. The van der Waals surface area contributed by atoms with Crippen LogP contribution in [0.25, 0.3) is 0 Å². The summed E-state index contributed by atoms with van der Waals surface area (Å²) in [5.74, 6) is 0.685. The van der Waals surface area contributed by atoms with Crippen LogP contribution in [0.3, 0.4) is 0 Å². The lowest BCUT2D eigenvalue weighted by atomic mass is 9.69. The van der Waals surface area contributed by atoms with Gasteiger partial charge in [-0.1, -0.05) is 13.3 Å². The lowest BCUT2D eigenvalue weighted by Crippen LogP contribution is -2.43. The summed E-state index contributed by atoms with van der Waals surface area (Å²) in [5.41, 5.74) is 1.82. The van der Waals surface area contributed by atoms with E-state index in [4.69, 9.17) is 4.74 Å². The van der Waals surface area contributed by atoms with Gasteiger partial charge < -0.3 is 4.74 Å². The average Bonchev–Trinajstić information content (AvgIpc) is 2.62. The average molecular weight is 220 g/mol. The van der Waals surface area contributed by atoms with Crippen LogP contribution in [-0.2, 0) is 13.0 Å². The number of aryl methyl sites for hydroxylation is 1. The van der Waals surface area contributed by atoms with E-state index in [0.717, 1.165) is 31.6 Å². The van der Waals surface area contributed by atoms with Crippen molar-refractivity contribution in [3.8, 4) is 5.88 Å². The normalized spacial score (nSPS) is 21.1. The molecule has 0 saturated heterocycles. The summed E-state index contributed by atoms with van der Waals surface area (Å²) in [7, 11) is 0. The van der Waals surface area contributed by atoms with Crippen LogP contribution in [0.4, 0.5) is 0 Å². The van der Waals surface area contributed by atoms with Gasteiger partial charge in [-0.3, -0.25) is 4.79 Å². The highest BCUT2D eigenvalue weighted by molar-refractivity contribution is 5.80. The van der Waals surface area contributed by atoms with Gasteiger partial charge in [0.05, 0.1) is 24.4 Å². The predicted molar refractivity (Wildman–Crippen MR) is 58.8 cm³/mol. The van der Waals surface area contributed by atoms with Crippen LogP contribution in [0.1, 0.15) is 42.2 Å². The van der Waals surface area contributed by atoms with E-state index >= 15 is 0 Å². The minimum Gasteiger partial charge on any atom is -0.477 e. The maximum atomic E-state index is 11.0. The molecule has 2 aliphatic rings. The fourth-order valence-electron chi connectivity index (χ4n) is 2.71. The first-order valence-corrected chi connectivity index (χ1v) is 5.96. The van der Waals surface area contributed by atoms with Crippen LogP contribution < -0.4 is 4.74 Å². The Morgan fingerprint density at radius 2 is 2.38 bits per heavy atom. The van der Waals surface area contributed by atoms with Gasteiger partial charge in [0, 0.05) is 5.41 Å². The molecule has 1 fully saturated rings. The molecule has 1 saturated carbocycles. The number of carbonyl (C=O) groups excluding carboxylic acids is 1. The molecule has 1 aromatic heterocycles. The first kappa shape index (κ1) is 9.87. The molecule has 0 atom stereocenters. The number of hydrogen-bond donors (Lipinski definition) is 0. The molecule has 86 valence electrons. The Morgan fingerprint density at radius 3 is 2.94 bits per heavy atom. The molecular weight excluding hydrogens is 204 g/mol. The lowest BCUT2D eigenvalue weighted by Gasteiger charge is -2.44. The molecule has 1 aliphatic carbocycles. The predicted octanol–water partition coefficient (Wildman–Crippen LogP) is 1.82. The number of fused-ring (bicyclic) bond motifs is 1. The van der Waals surface area contributed by atoms with Gasteiger partial charge in [0.1, 0.15) is 0 Å². The van der Waals surface area contributed by atoms with Crippen LogP contribution in [0.15, 0.2) is 0 Å². The van der Waals surface area contributed by atoms with Crippen molar-refractivity contribution >= 4 is 6.29 Å². The maximum Gasteiger partial charge on any atom is 0.222 e. The maximum absolute atomic E-state index is 11.0. The molecule has 1 aromatic rings. The summed E-state index contributed by atoms with van der Waals surface area (Å²) in [5, 5.41) is 4.48. The van der Waals surface area contributed by atoms with E-state index in [1.807, 2.05) is 11.6 Å². The Labute approximate surface area is 94.6 Å². The first-order valence-electron chi connectivity index (χ1n) is 5.96. The minimum absolute atomic E-state index is 0.310. The molecule has 0 bridgehead atoms. The molecule has 1 spiro atoms. The van der Waals surface area contributed by atoms with Gasteiger partial charge in [-0.15, -0.1) is 0 Å². The monoisotopic (exact) mass is 220 g/mol. The number of aromatic nitrogens is 2. The van der Waals surface area contributed by atoms with E-state index in [9.17, 15) is 4.79 Å². The van der Waals surface area contributed by atoms with Crippen LogP contribution in [0, 0.1) is 5.41 Å². The quantitative estimate of drug-likeness (QED) is 0.714. The van der Waals surface area contributed by atoms with Crippen molar-refractivity contribution < 1.29 is 9.53 Å². The molecule has 0 amide bonds. The number of carbonyl (C=O) groups is 1. The van der Waals surface area contributed by atoms with E-state index in [-0.39, 0.29) is 0 Å². The number of aldehydes is 1. The zero-order valence-electron chi connectivity index (χ0n) is 9.53. The summed E-state index contributed by atoms with van der Waals surface area (Å²) in [6.07, 6.45) is 5.40. The molecule has 16 heavy (non-hydrogen) atoms. The van der Waals surface area contributed by atoms with E-state index in [2.05, 4.69) is 5.10 Å². The molecule has 0 unspecified atom stereocenters. The van der Waals surface area contributed by atoms with E-state index in [1.165, 1.54) is 19.3 Å². The zero-order chi connectivity index (χ0) is 11.2. The minimum atomic E-state index is 0.310. The Hall–Kier alpha value is -1.32. The first-order chi connectivity index (χ1) is 7.78. The standard InChI is InChI=1S/C12H16N2O2/c1-2-10-9(6-15)11-14(13-10)7-12(8-16-11)4-3-5-12/h6H,2-5,7-8H2,1H3. The lowest BCUT2D eigenvalue weighted by molar-refractivity contribution is 0.00151. The van der Waals surface area contributed by atoms with Crippen molar-refractivity contribution in [2.75, 3.05) is 6.61 Å². The Bertz CT molecular complexity index is 432. The second kappa shape index (κ2) is 3.34. The SMILES string of the molecule is CCc1nn2c(c1C=O)OCC1(CCC1)C2. The second-order valence-electron chi connectivity index (χ2n) is 4.94. The molecule has 1 aliphatic heterocycles. The highest BCUT2D eigenvalue weighted by Gasteiger charge is 2.42. The fourth-order valence-corrected chi connectivity index (χ4v) is 2.71. The van der Waals surface area contributed by atoms with Gasteiger partial charge in [-0.2, -0.15) is 5.10 Å². The van der Waals surface area contributed by atoms with Crippen molar-refractivity contribution in [1.82, 2.24) is 9.78 Å². The van der Waals surface area contributed by atoms with Crippen molar-refractivity contribution in [1.29, 1.82) is 0 Å². The molecule has 0 aromatic carbocycles. The summed E-state index contributed by atoms with van der Waals surface area (Å²) < 4.78 is 7.65. The Kier molecular flexibility index (Phi) is 2.06. The molecule has 4 nitrogen and oxygen atoms in total. The highest BCUT2D eigenvalue weighted by atomic mass is 16.5. The summed E-state index contributed by atoms with van der Waals surface area (Å²) >= 11 is 0. The van der Waals surface area contributed by atoms with Gasteiger partial charge in [-0.05, 0) is 19.3 Å². The van der Waals surface area contributed by atoms with E-state index in [1.54, 1.807) is 0 Å². The van der Waals surface area contributed by atoms with Crippen molar-refractivity contribution in [2.24, 2.45) is 5.41 Å². The zero-order valence-corrected chi connectivity index (χ0v) is 9.53. The van der Waals surface area contributed by atoms with Gasteiger partial charge in [0.2, 0.25) is 5.88 Å².